The van der Waals surface area contributed by atoms with E-state index < -0.39 is 10.0 Å². The van der Waals surface area contributed by atoms with E-state index in [4.69, 9.17) is 0 Å². The maximum absolute atomic E-state index is 12.4. The SMILES string of the molecule is CCn1nc(C)c(S(=O)(=O)NCc2ccncc2)c1C. The Morgan fingerprint density at radius 1 is 1.25 bits per heavy atom. The molecule has 0 atom stereocenters. The van der Waals surface area contributed by atoms with E-state index in [1.54, 1.807) is 43.1 Å². The molecule has 0 saturated heterocycles. The molecule has 0 aromatic carbocycles. The van der Waals surface area contributed by atoms with Gasteiger partial charge in [-0.1, -0.05) is 0 Å². The van der Waals surface area contributed by atoms with E-state index in [1.807, 2.05) is 6.92 Å². The molecule has 2 aromatic rings. The highest BCUT2D eigenvalue weighted by molar-refractivity contribution is 7.89. The van der Waals surface area contributed by atoms with Crippen molar-refractivity contribution >= 4 is 10.0 Å². The lowest BCUT2D eigenvalue weighted by Crippen LogP contribution is -2.24. The number of aryl methyl sites for hydroxylation is 2. The summed E-state index contributed by atoms with van der Waals surface area (Å²) in [6.07, 6.45) is 3.27. The topological polar surface area (TPSA) is 76.9 Å². The largest absolute Gasteiger partial charge is 0.268 e. The van der Waals surface area contributed by atoms with Crippen molar-refractivity contribution in [1.82, 2.24) is 19.5 Å². The predicted molar refractivity (Wildman–Crippen MR) is 75.6 cm³/mol. The van der Waals surface area contributed by atoms with Crippen LogP contribution in [0.5, 0.6) is 0 Å². The molecule has 0 amide bonds. The second kappa shape index (κ2) is 5.72. The Hall–Kier alpha value is -1.73. The molecule has 0 radical (unpaired) electrons. The van der Waals surface area contributed by atoms with Gasteiger partial charge < -0.3 is 0 Å². The Bertz CT molecular complexity index is 693. The van der Waals surface area contributed by atoms with E-state index in [0.29, 0.717) is 17.9 Å². The van der Waals surface area contributed by atoms with Crippen molar-refractivity contribution in [3.63, 3.8) is 0 Å². The number of hydrogen-bond donors (Lipinski definition) is 1. The number of sulfonamides is 1. The van der Waals surface area contributed by atoms with Gasteiger partial charge in [0.2, 0.25) is 10.0 Å². The third-order valence-electron chi connectivity index (χ3n) is 3.10. The van der Waals surface area contributed by atoms with Crippen LogP contribution in [0.15, 0.2) is 29.4 Å². The van der Waals surface area contributed by atoms with Gasteiger partial charge in [0.1, 0.15) is 4.90 Å². The smallest absolute Gasteiger partial charge is 0.244 e. The second-order valence-electron chi connectivity index (χ2n) is 4.50. The molecule has 2 rings (SSSR count). The van der Waals surface area contributed by atoms with E-state index >= 15 is 0 Å². The van der Waals surface area contributed by atoms with Crippen LogP contribution in [0.25, 0.3) is 0 Å². The van der Waals surface area contributed by atoms with E-state index in [-0.39, 0.29) is 11.4 Å². The first-order valence-corrected chi connectivity index (χ1v) is 7.86. The molecule has 2 heterocycles. The van der Waals surface area contributed by atoms with Crippen LogP contribution in [0.4, 0.5) is 0 Å². The third kappa shape index (κ3) is 2.88. The van der Waals surface area contributed by atoms with Crippen molar-refractivity contribution < 1.29 is 8.42 Å². The van der Waals surface area contributed by atoms with Crippen LogP contribution >= 0.6 is 0 Å². The first kappa shape index (κ1) is 14.7. The fraction of sp³-hybridized carbons (Fsp3) is 0.385. The highest BCUT2D eigenvalue weighted by Gasteiger charge is 2.23. The number of nitrogens with one attached hydrogen (secondary N) is 1. The maximum Gasteiger partial charge on any atom is 0.244 e. The Labute approximate surface area is 118 Å². The molecule has 6 nitrogen and oxygen atoms in total. The molecule has 0 saturated carbocycles. The van der Waals surface area contributed by atoms with E-state index in [9.17, 15) is 8.42 Å². The summed E-state index contributed by atoms with van der Waals surface area (Å²) < 4.78 is 29.1. The van der Waals surface area contributed by atoms with Gasteiger partial charge in [-0.25, -0.2) is 13.1 Å². The van der Waals surface area contributed by atoms with Crippen LogP contribution in [0.1, 0.15) is 23.9 Å². The van der Waals surface area contributed by atoms with Crippen molar-refractivity contribution in [3.05, 3.63) is 41.5 Å². The zero-order chi connectivity index (χ0) is 14.8. The summed E-state index contributed by atoms with van der Waals surface area (Å²) in [6.45, 7) is 6.29. The summed E-state index contributed by atoms with van der Waals surface area (Å²) in [7, 11) is -3.56. The number of pyridine rings is 1. The van der Waals surface area contributed by atoms with E-state index in [2.05, 4.69) is 14.8 Å². The molecule has 0 spiro atoms. The number of nitrogens with zero attached hydrogens (tertiary/aromatic N) is 3. The summed E-state index contributed by atoms with van der Waals surface area (Å²) in [6, 6.07) is 3.55. The minimum Gasteiger partial charge on any atom is -0.268 e. The van der Waals surface area contributed by atoms with Crippen molar-refractivity contribution in [2.75, 3.05) is 0 Å². The Morgan fingerprint density at radius 2 is 1.90 bits per heavy atom. The zero-order valence-corrected chi connectivity index (χ0v) is 12.6. The summed E-state index contributed by atoms with van der Waals surface area (Å²) in [4.78, 5) is 4.17. The molecule has 7 heteroatoms. The highest BCUT2D eigenvalue weighted by atomic mass is 32.2. The Balaban J connectivity index is 2.25. The van der Waals surface area contributed by atoms with Gasteiger partial charge in [0.25, 0.3) is 0 Å². The molecular weight excluding hydrogens is 276 g/mol. The monoisotopic (exact) mass is 294 g/mol. The molecule has 0 unspecified atom stereocenters. The lowest BCUT2D eigenvalue weighted by atomic mass is 10.3. The Morgan fingerprint density at radius 3 is 2.45 bits per heavy atom. The zero-order valence-electron chi connectivity index (χ0n) is 11.8. The number of hydrogen-bond acceptors (Lipinski definition) is 4. The maximum atomic E-state index is 12.4. The molecule has 0 bridgehead atoms. The quantitative estimate of drug-likeness (QED) is 0.904. The average molecular weight is 294 g/mol. The van der Waals surface area contributed by atoms with Crippen LogP contribution < -0.4 is 4.72 Å². The first-order valence-electron chi connectivity index (χ1n) is 6.38. The van der Waals surface area contributed by atoms with E-state index in [1.165, 1.54) is 0 Å². The third-order valence-corrected chi connectivity index (χ3v) is 4.75. The van der Waals surface area contributed by atoms with Gasteiger partial charge in [-0.05, 0) is 38.5 Å². The van der Waals surface area contributed by atoms with Gasteiger partial charge in [-0.15, -0.1) is 0 Å². The lowest BCUT2D eigenvalue weighted by Gasteiger charge is -2.07. The molecule has 108 valence electrons. The van der Waals surface area contributed by atoms with Crippen LogP contribution in [0.3, 0.4) is 0 Å². The van der Waals surface area contributed by atoms with Crippen LogP contribution in [0.2, 0.25) is 0 Å². The summed E-state index contributed by atoms with van der Waals surface area (Å²) in [5, 5.41) is 4.24. The van der Waals surface area contributed by atoms with Gasteiger partial charge in [-0.2, -0.15) is 5.10 Å². The van der Waals surface area contributed by atoms with Crippen LogP contribution in [-0.4, -0.2) is 23.2 Å². The minimum absolute atomic E-state index is 0.237. The highest BCUT2D eigenvalue weighted by Crippen LogP contribution is 2.19. The molecule has 0 fully saturated rings. The van der Waals surface area contributed by atoms with Gasteiger partial charge >= 0.3 is 0 Å². The minimum atomic E-state index is -3.56. The molecule has 0 aliphatic carbocycles. The van der Waals surface area contributed by atoms with Gasteiger partial charge in [0, 0.05) is 25.5 Å². The fourth-order valence-electron chi connectivity index (χ4n) is 2.13. The second-order valence-corrected chi connectivity index (χ2v) is 6.20. The molecule has 0 aliphatic rings. The van der Waals surface area contributed by atoms with Gasteiger partial charge in [0.15, 0.2) is 0 Å². The normalized spacial score (nSPS) is 11.8. The summed E-state index contributed by atoms with van der Waals surface area (Å²) >= 11 is 0. The number of rotatable bonds is 5. The van der Waals surface area contributed by atoms with Gasteiger partial charge in [0.05, 0.1) is 11.4 Å². The predicted octanol–water partition coefficient (Wildman–Crippen LogP) is 1.39. The molecule has 2 aromatic heterocycles. The van der Waals surface area contributed by atoms with Crippen molar-refractivity contribution in [3.8, 4) is 0 Å². The van der Waals surface area contributed by atoms with Crippen molar-refractivity contribution in [1.29, 1.82) is 0 Å². The van der Waals surface area contributed by atoms with Crippen molar-refractivity contribution in [2.45, 2.75) is 38.8 Å². The molecular formula is C13H18N4O2S. The Kier molecular flexibility index (Phi) is 4.20. The average Bonchev–Trinajstić information content (AvgIpc) is 2.73. The number of aromatic nitrogens is 3. The van der Waals surface area contributed by atoms with Crippen molar-refractivity contribution in [2.24, 2.45) is 0 Å². The van der Waals surface area contributed by atoms with Crippen LogP contribution in [0, 0.1) is 13.8 Å². The summed E-state index contributed by atoms with van der Waals surface area (Å²) in [5.41, 5.74) is 2.04. The molecule has 20 heavy (non-hydrogen) atoms. The summed E-state index contributed by atoms with van der Waals surface area (Å²) in [5.74, 6) is 0. The van der Waals surface area contributed by atoms with Gasteiger partial charge in [-0.3, -0.25) is 9.67 Å². The van der Waals surface area contributed by atoms with E-state index in [0.717, 1.165) is 5.56 Å². The first-order chi connectivity index (χ1) is 9.45. The fourth-order valence-corrected chi connectivity index (χ4v) is 3.55. The standard InChI is InChI=1S/C13H18N4O2S/c1-4-17-11(3)13(10(2)16-17)20(18,19)15-9-12-5-7-14-8-6-12/h5-8,15H,4,9H2,1-3H3. The molecule has 0 aliphatic heterocycles. The van der Waals surface area contributed by atoms with Crippen LogP contribution in [-0.2, 0) is 23.1 Å². The lowest BCUT2D eigenvalue weighted by molar-refractivity contribution is 0.579. The molecule has 1 N–H and O–H groups in total.